The van der Waals surface area contributed by atoms with Gasteiger partial charge < -0.3 is 5.32 Å². The molecule has 1 aromatic carbocycles. The molecule has 0 amide bonds. The maximum atomic E-state index is 13.4. The van der Waals surface area contributed by atoms with Crippen LogP contribution in [0.3, 0.4) is 0 Å². The number of nitrogens with one attached hydrogen (secondary N) is 1. The summed E-state index contributed by atoms with van der Waals surface area (Å²) in [4.78, 5) is 2.74. The second kappa shape index (κ2) is 4.81. The van der Waals surface area contributed by atoms with Crippen molar-refractivity contribution in [3.63, 3.8) is 0 Å². The van der Waals surface area contributed by atoms with Crippen molar-refractivity contribution in [2.45, 2.75) is 38.3 Å². The summed E-state index contributed by atoms with van der Waals surface area (Å²) < 4.78 is 13.4. The van der Waals surface area contributed by atoms with Gasteiger partial charge in [-0.25, -0.2) is 4.39 Å². The van der Waals surface area contributed by atoms with Crippen LogP contribution >= 0.6 is 0 Å². The third-order valence-electron chi connectivity index (χ3n) is 5.73. The van der Waals surface area contributed by atoms with Gasteiger partial charge in [-0.15, -0.1) is 0 Å². The van der Waals surface area contributed by atoms with Gasteiger partial charge in [0.2, 0.25) is 0 Å². The van der Waals surface area contributed by atoms with E-state index >= 15 is 0 Å². The summed E-state index contributed by atoms with van der Waals surface area (Å²) in [5.41, 5.74) is 2.62. The lowest BCUT2D eigenvalue weighted by atomic mass is 9.92. The van der Waals surface area contributed by atoms with Gasteiger partial charge in [-0.3, -0.25) is 4.90 Å². The van der Waals surface area contributed by atoms with Crippen molar-refractivity contribution in [3.8, 4) is 0 Å². The molecule has 1 aromatic rings. The Morgan fingerprint density at radius 1 is 1.35 bits per heavy atom. The fraction of sp³-hybridized carbons (Fsp3) is 0.647. The third kappa shape index (κ3) is 1.83. The molecule has 4 unspecified atom stereocenters. The Morgan fingerprint density at radius 3 is 3.10 bits per heavy atom. The Kier molecular flexibility index (Phi) is 3.08. The van der Waals surface area contributed by atoms with E-state index in [4.69, 9.17) is 0 Å². The van der Waals surface area contributed by atoms with Crippen molar-refractivity contribution in [1.29, 1.82) is 0 Å². The number of aryl methyl sites for hydroxylation is 1. The zero-order chi connectivity index (χ0) is 13.7. The summed E-state index contributed by atoms with van der Waals surface area (Å²) in [6.45, 7) is 5.90. The predicted molar refractivity (Wildman–Crippen MR) is 78.1 cm³/mol. The number of hydrogen-bond acceptors (Lipinski definition) is 2. The smallest absolute Gasteiger partial charge is 0.123 e. The van der Waals surface area contributed by atoms with Gasteiger partial charge in [-0.1, -0.05) is 13.0 Å². The highest BCUT2D eigenvalue weighted by Crippen LogP contribution is 2.44. The predicted octanol–water partition coefficient (Wildman–Crippen LogP) is 2.74. The fourth-order valence-corrected chi connectivity index (χ4v) is 4.86. The molecular weight excluding hydrogens is 251 g/mol. The zero-order valence-electron chi connectivity index (χ0n) is 12.1. The molecule has 2 fully saturated rings. The first-order valence-electron chi connectivity index (χ1n) is 8.02. The number of rotatable bonds is 2. The van der Waals surface area contributed by atoms with E-state index in [9.17, 15) is 4.39 Å². The van der Waals surface area contributed by atoms with Crippen LogP contribution in [0, 0.1) is 17.7 Å². The highest BCUT2D eigenvalue weighted by molar-refractivity contribution is 5.35. The molecule has 4 rings (SSSR count). The number of likely N-dealkylation sites (tertiary alicyclic amines) is 1. The van der Waals surface area contributed by atoms with E-state index in [0.717, 1.165) is 18.3 Å². The molecule has 20 heavy (non-hydrogen) atoms. The first kappa shape index (κ1) is 12.8. The van der Waals surface area contributed by atoms with Crippen LogP contribution in [0.4, 0.5) is 4.39 Å². The minimum absolute atomic E-state index is 0.0843. The van der Waals surface area contributed by atoms with Crippen LogP contribution in [0.15, 0.2) is 18.2 Å². The topological polar surface area (TPSA) is 15.3 Å². The number of hydrogen-bond donors (Lipinski definition) is 1. The van der Waals surface area contributed by atoms with Crippen molar-refractivity contribution < 1.29 is 4.39 Å². The van der Waals surface area contributed by atoms with E-state index in [2.05, 4.69) is 17.1 Å². The van der Waals surface area contributed by atoms with Gasteiger partial charge in [0.1, 0.15) is 5.82 Å². The maximum Gasteiger partial charge on any atom is 0.123 e. The van der Waals surface area contributed by atoms with Gasteiger partial charge in [0.15, 0.2) is 0 Å². The Bertz CT molecular complexity index is 516. The van der Waals surface area contributed by atoms with E-state index < -0.39 is 0 Å². The molecule has 2 heterocycles. The number of nitrogens with zero attached hydrogens (tertiary/aromatic N) is 1. The zero-order valence-corrected chi connectivity index (χ0v) is 12.1. The van der Waals surface area contributed by atoms with Gasteiger partial charge in [-0.05, 0) is 67.4 Å². The van der Waals surface area contributed by atoms with Crippen molar-refractivity contribution in [3.05, 3.63) is 35.1 Å². The lowest BCUT2D eigenvalue weighted by Gasteiger charge is -2.33. The lowest BCUT2D eigenvalue weighted by Crippen LogP contribution is -2.37. The number of benzene rings is 1. The van der Waals surface area contributed by atoms with Crippen molar-refractivity contribution in [1.82, 2.24) is 10.2 Å². The summed E-state index contributed by atoms with van der Waals surface area (Å²) in [6, 6.07) is 6.64. The van der Waals surface area contributed by atoms with Crippen LogP contribution in [-0.4, -0.2) is 30.6 Å². The average molecular weight is 274 g/mol. The molecule has 0 spiro atoms. The molecular formula is C17H23FN2. The van der Waals surface area contributed by atoms with Gasteiger partial charge in [-0.2, -0.15) is 0 Å². The van der Waals surface area contributed by atoms with Crippen molar-refractivity contribution in [2.75, 3.05) is 19.6 Å². The molecule has 1 aliphatic carbocycles. The minimum atomic E-state index is -0.0843. The van der Waals surface area contributed by atoms with Crippen LogP contribution < -0.4 is 5.32 Å². The molecule has 0 saturated carbocycles. The van der Waals surface area contributed by atoms with E-state index in [1.165, 1.54) is 43.6 Å². The van der Waals surface area contributed by atoms with E-state index in [0.29, 0.717) is 12.1 Å². The summed E-state index contributed by atoms with van der Waals surface area (Å²) in [6.07, 6.45) is 3.44. The van der Waals surface area contributed by atoms with Crippen LogP contribution in [0.5, 0.6) is 0 Å². The minimum Gasteiger partial charge on any atom is -0.316 e. The first-order chi connectivity index (χ1) is 9.78. The van der Waals surface area contributed by atoms with Crippen LogP contribution in [-0.2, 0) is 6.42 Å². The summed E-state index contributed by atoms with van der Waals surface area (Å²) in [7, 11) is 0. The molecule has 2 nitrogen and oxygen atoms in total. The molecule has 4 atom stereocenters. The summed E-state index contributed by atoms with van der Waals surface area (Å²) in [5, 5.41) is 3.55. The largest absolute Gasteiger partial charge is 0.316 e. The summed E-state index contributed by atoms with van der Waals surface area (Å²) in [5.74, 6) is 1.56. The van der Waals surface area contributed by atoms with Gasteiger partial charge in [0, 0.05) is 18.6 Å². The summed E-state index contributed by atoms with van der Waals surface area (Å²) >= 11 is 0. The molecule has 0 radical (unpaired) electrons. The Labute approximate surface area is 120 Å². The average Bonchev–Trinajstić information content (AvgIpc) is 3.09. The van der Waals surface area contributed by atoms with Crippen LogP contribution in [0.1, 0.15) is 36.9 Å². The molecule has 2 saturated heterocycles. The molecule has 108 valence electrons. The van der Waals surface area contributed by atoms with Crippen LogP contribution in [0.2, 0.25) is 0 Å². The number of halogens is 1. The molecule has 3 aliphatic rings. The van der Waals surface area contributed by atoms with Crippen molar-refractivity contribution in [2.24, 2.45) is 11.8 Å². The standard InChI is InChI=1S/C17H23FN2/c1-2-16-15-9-19-8-12(15)10-20(16)17-6-3-11-7-13(18)4-5-14(11)17/h4-5,7,12,15-17,19H,2-3,6,8-10H2,1H3. The van der Waals surface area contributed by atoms with E-state index in [-0.39, 0.29) is 5.82 Å². The second-order valence-electron chi connectivity index (χ2n) is 6.65. The third-order valence-corrected chi connectivity index (χ3v) is 5.73. The Balaban J connectivity index is 1.63. The molecule has 1 N–H and O–H groups in total. The molecule has 0 bridgehead atoms. The van der Waals surface area contributed by atoms with E-state index in [1.807, 2.05) is 6.07 Å². The normalized spacial score (nSPS) is 36.3. The highest BCUT2D eigenvalue weighted by Gasteiger charge is 2.46. The van der Waals surface area contributed by atoms with Gasteiger partial charge in [0.25, 0.3) is 0 Å². The Morgan fingerprint density at radius 2 is 2.25 bits per heavy atom. The SMILES string of the molecule is CCC1C2CNCC2CN1C1CCc2cc(F)ccc21. The molecule has 2 aliphatic heterocycles. The van der Waals surface area contributed by atoms with Gasteiger partial charge >= 0.3 is 0 Å². The Hall–Kier alpha value is -0.930. The number of fused-ring (bicyclic) bond motifs is 2. The second-order valence-corrected chi connectivity index (χ2v) is 6.65. The van der Waals surface area contributed by atoms with Gasteiger partial charge in [0.05, 0.1) is 0 Å². The maximum absolute atomic E-state index is 13.4. The highest BCUT2D eigenvalue weighted by atomic mass is 19.1. The monoisotopic (exact) mass is 274 g/mol. The molecule has 0 aromatic heterocycles. The first-order valence-corrected chi connectivity index (χ1v) is 8.02. The van der Waals surface area contributed by atoms with E-state index in [1.54, 1.807) is 12.1 Å². The van der Waals surface area contributed by atoms with Crippen molar-refractivity contribution >= 4 is 0 Å². The quantitative estimate of drug-likeness (QED) is 0.892. The lowest BCUT2D eigenvalue weighted by molar-refractivity contribution is 0.154. The van der Waals surface area contributed by atoms with Crippen LogP contribution in [0.25, 0.3) is 0 Å². The fourth-order valence-electron chi connectivity index (χ4n) is 4.86. The molecule has 3 heteroatoms.